The molecule has 0 aromatic heterocycles. The maximum atomic E-state index is 12.9. The van der Waals surface area contributed by atoms with Crippen LogP contribution in [0, 0.1) is 6.92 Å². The van der Waals surface area contributed by atoms with Gasteiger partial charge < -0.3 is 25.8 Å². The number of anilines is 3. The van der Waals surface area contributed by atoms with Gasteiger partial charge in [-0.3, -0.25) is 19.3 Å². The molecule has 0 heterocycles. The molecule has 1 unspecified atom stereocenters. The Labute approximate surface area is 268 Å². The molecule has 0 fully saturated rings. The smallest absolute Gasteiger partial charge is 0.326 e. The Morgan fingerprint density at radius 2 is 1.59 bits per heavy atom. The van der Waals surface area contributed by atoms with Gasteiger partial charge in [0.05, 0.1) is 25.4 Å². The number of carboxylic acid groups (broad SMARTS) is 1. The zero-order valence-corrected chi connectivity index (χ0v) is 26.1. The zero-order chi connectivity index (χ0) is 33.1. The van der Waals surface area contributed by atoms with E-state index in [0.29, 0.717) is 22.7 Å². The van der Waals surface area contributed by atoms with E-state index in [1.807, 2.05) is 37.3 Å². The molecule has 0 saturated carbocycles. The SMILES string of the molecule is COc1cc(CC(=O)CNc2ccc(C(CCC(=O)O)NC(=O)c3ccccc3)cc2)ccc1NC(=O)N(C)c1ccccc1C. The number of aliphatic carboxylic acids is 1. The summed E-state index contributed by atoms with van der Waals surface area (Å²) in [5, 5.41) is 18.1. The highest BCUT2D eigenvalue weighted by molar-refractivity contribution is 6.02. The summed E-state index contributed by atoms with van der Waals surface area (Å²) in [5.74, 6) is -0.849. The first-order valence-corrected chi connectivity index (χ1v) is 14.8. The number of hydrogen-bond donors (Lipinski definition) is 4. The van der Waals surface area contributed by atoms with Gasteiger partial charge in [0.15, 0.2) is 5.78 Å². The molecule has 0 spiro atoms. The lowest BCUT2D eigenvalue weighted by Crippen LogP contribution is -2.31. The second-order valence-electron chi connectivity index (χ2n) is 10.8. The summed E-state index contributed by atoms with van der Waals surface area (Å²) in [4.78, 5) is 51.2. The van der Waals surface area contributed by atoms with E-state index < -0.39 is 12.0 Å². The highest BCUT2D eigenvalue weighted by atomic mass is 16.5. The normalized spacial score (nSPS) is 11.2. The summed E-state index contributed by atoms with van der Waals surface area (Å²) >= 11 is 0. The lowest BCUT2D eigenvalue weighted by atomic mass is 10.0. The summed E-state index contributed by atoms with van der Waals surface area (Å²) in [6.07, 6.45) is 0.285. The molecule has 0 bridgehead atoms. The molecular formula is C36H38N4O6. The zero-order valence-electron chi connectivity index (χ0n) is 26.1. The molecule has 4 aromatic carbocycles. The summed E-state index contributed by atoms with van der Waals surface area (Å²) < 4.78 is 5.50. The van der Waals surface area contributed by atoms with Gasteiger partial charge in [-0.15, -0.1) is 0 Å². The molecule has 3 amide bonds. The number of ether oxygens (including phenoxy) is 1. The van der Waals surface area contributed by atoms with Crippen LogP contribution in [0.15, 0.2) is 97.1 Å². The van der Waals surface area contributed by atoms with Crippen molar-refractivity contribution in [2.75, 3.05) is 36.2 Å². The standard InChI is InChI=1S/C36H38N4O6/c1-24-9-7-8-12-32(24)40(2)36(45)39-31-18-13-25(22-33(31)46-3)21-29(41)23-37-28-16-14-26(15-17-28)30(19-20-34(42)43)38-35(44)27-10-5-4-6-11-27/h4-18,22,30,37H,19-21,23H2,1-3H3,(H,38,44)(H,39,45)(H,42,43). The highest BCUT2D eigenvalue weighted by Gasteiger charge is 2.18. The van der Waals surface area contributed by atoms with Crippen LogP contribution in [-0.4, -0.2) is 49.5 Å². The van der Waals surface area contributed by atoms with Gasteiger partial charge >= 0.3 is 12.0 Å². The monoisotopic (exact) mass is 622 g/mol. The van der Waals surface area contributed by atoms with E-state index in [-0.39, 0.29) is 43.5 Å². The van der Waals surface area contributed by atoms with Gasteiger partial charge in [0.25, 0.3) is 5.91 Å². The summed E-state index contributed by atoms with van der Waals surface area (Å²) in [7, 11) is 3.20. The minimum atomic E-state index is -0.946. The Balaban J connectivity index is 1.33. The molecule has 10 nitrogen and oxygen atoms in total. The Morgan fingerprint density at radius 1 is 0.891 bits per heavy atom. The maximum Gasteiger partial charge on any atom is 0.326 e. The Kier molecular flexibility index (Phi) is 11.5. The Hall–Kier alpha value is -5.64. The number of methoxy groups -OCH3 is 1. The van der Waals surface area contributed by atoms with Gasteiger partial charge in [-0.2, -0.15) is 0 Å². The number of aryl methyl sites for hydroxylation is 1. The van der Waals surface area contributed by atoms with Crippen LogP contribution in [0.3, 0.4) is 0 Å². The van der Waals surface area contributed by atoms with Gasteiger partial charge in [0, 0.05) is 36.8 Å². The average molecular weight is 623 g/mol. The molecule has 238 valence electrons. The van der Waals surface area contributed by atoms with Crippen LogP contribution in [0.1, 0.15) is 45.9 Å². The van der Waals surface area contributed by atoms with Crippen LogP contribution < -0.4 is 25.6 Å². The van der Waals surface area contributed by atoms with Gasteiger partial charge in [-0.25, -0.2) is 4.79 Å². The number of rotatable bonds is 14. The number of urea groups is 1. The number of hydrogen-bond acceptors (Lipinski definition) is 6. The first-order valence-electron chi connectivity index (χ1n) is 14.8. The molecule has 0 saturated heterocycles. The van der Waals surface area contributed by atoms with Crippen LogP contribution in [0.4, 0.5) is 21.9 Å². The van der Waals surface area contributed by atoms with Crippen molar-refractivity contribution in [3.63, 3.8) is 0 Å². The fourth-order valence-corrected chi connectivity index (χ4v) is 4.94. The topological polar surface area (TPSA) is 137 Å². The summed E-state index contributed by atoms with van der Waals surface area (Å²) in [6, 6.07) is 27.9. The molecule has 4 rings (SSSR count). The molecule has 46 heavy (non-hydrogen) atoms. The predicted octanol–water partition coefficient (Wildman–Crippen LogP) is 6.23. The third-order valence-corrected chi connectivity index (χ3v) is 7.48. The van der Waals surface area contributed by atoms with Crippen molar-refractivity contribution in [2.24, 2.45) is 0 Å². The van der Waals surface area contributed by atoms with Crippen molar-refractivity contribution >= 4 is 40.8 Å². The van der Waals surface area contributed by atoms with Crippen LogP contribution in [0.2, 0.25) is 0 Å². The first-order chi connectivity index (χ1) is 22.1. The van der Waals surface area contributed by atoms with Gasteiger partial charge in [0.1, 0.15) is 5.75 Å². The van der Waals surface area contributed by atoms with Crippen molar-refractivity contribution in [2.45, 2.75) is 32.2 Å². The molecule has 4 aromatic rings. The number of carbonyl (C=O) groups excluding carboxylic acids is 3. The highest BCUT2D eigenvalue weighted by Crippen LogP contribution is 2.28. The second kappa shape index (κ2) is 15.9. The minimum Gasteiger partial charge on any atom is -0.495 e. The lowest BCUT2D eigenvalue weighted by molar-refractivity contribution is -0.137. The van der Waals surface area contributed by atoms with Crippen molar-refractivity contribution < 1.29 is 29.0 Å². The number of para-hydroxylation sites is 1. The van der Waals surface area contributed by atoms with E-state index in [9.17, 15) is 24.3 Å². The van der Waals surface area contributed by atoms with Crippen molar-refractivity contribution in [3.8, 4) is 5.75 Å². The van der Waals surface area contributed by atoms with E-state index >= 15 is 0 Å². The molecule has 10 heteroatoms. The number of ketones is 1. The van der Waals surface area contributed by atoms with E-state index in [1.165, 1.54) is 12.0 Å². The molecule has 4 N–H and O–H groups in total. The molecule has 0 aliphatic carbocycles. The van der Waals surface area contributed by atoms with Crippen molar-refractivity contribution in [1.82, 2.24) is 5.32 Å². The van der Waals surface area contributed by atoms with E-state index in [0.717, 1.165) is 22.4 Å². The summed E-state index contributed by atoms with van der Waals surface area (Å²) in [5.41, 5.74) is 4.93. The fourth-order valence-electron chi connectivity index (χ4n) is 4.94. The van der Waals surface area contributed by atoms with Gasteiger partial charge in [0.2, 0.25) is 0 Å². The molecule has 0 radical (unpaired) electrons. The number of nitrogens with zero attached hydrogens (tertiary/aromatic N) is 1. The van der Waals surface area contributed by atoms with Crippen molar-refractivity contribution in [3.05, 3.63) is 119 Å². The van der Waals surface area contributed by atoms with Crippen LogP contribution in [0.5, 0.6) is 5.75 Å². The van der Waals surface area contributed by atoms with Crippen LogP contribution in [0.25, 0.3) is 0 Å². The van der Waals surface area contributed by atoms with Gasteiger partial charge in [-0.05, 0) is 72.5 Å². The number of Topliss-reactive ketones (excluding diaryl/α,β-unsaturated/α-hetero) is 1. The second-order valence-corrected chi connectivity index (χ2v) is 10.8. The fraction of sp³-hybridized carbons (Fsp3) is 0.222. The molecule has 0 aliphatic heterocycles. The number of amides is 3. The van der Waals surface area contributed by atoms with Gasteiger partial charge in [-0.1, -0.05) is 54.6 Å². The van der Waals surface area contributed by atoms with E-state index in [1.54, 1.807) is 73.8 Å². The molecule has 1 atom stereocenters. The largest absolute Gasteiger partial charge is 0.495 e. The summed E-state index contributed by atoms with van der Waals surface area (Å²) in [6.45, 7) is 2.01. The third kappa shape index (κ3) is 9.18. The maximum absolute atomic E-state index is 12.9. The van der Waals surface area contributed by atoms with Crippen molar-refractivity contribution in [1.29, 1.82) is 0 Å². The molecule has 0 aliphatic rings. The number of nitrogens with one attached hydrogen (secondary N) is 3. The minimum absolute atomic E-state index is 0.0586. The lowest BCUT2D eigenvalue weighted by Gasteiger charge is -2.21. The Morgan fingerprint density at radius 3 is 2.26 bits per heavy atom. The average Bonchev–Trinajstić information content (AvgIpc) is 3.06. The number of carboxylic acids is 1. The van der Waals surface area contributed by atoms with Crippen LogP contribution >= 0.6 is 0 Å². The van der Waals surface area contributed by atoms with Crippen LogP contribution in [-0.2, 0) is 16.0 Å². The third-order valence-electron chi connectivity index (χ3n) is 7.48. The number of carbonyl (C=O) groups is 4. The Bertz CT molecular complexity index is 1670. The number of benzene rings is 4. The first kappa shape index (κ1) is 33.3. The quantitative estimate of drug-likeness (QED) is 0.131. The molecular weight excluding hydrogens is 584 g/mol. The predicted molar refractivity (Wildman–Crippen MR) is 179 cm³/mol. The van der Waals surface area contributed by atoms with E-state index in [2.05, 4.69) is 16.0 Å². The van der Waals surface area contributed by atoms with E-state index in [4.69, 9.17) is 4.74 Å².